The van der Waals surface area contributed by atoms with Gasteiger partial charge < -0.3 is 10.1 Å². The van der Waals surface area contributed by atoms with Gasteiger partial charge in [-0.05, 0) is 24.6 Å². The number of halogens is 1. The molecule has 20 heavy (non-hydrogen) atoms. The highest BCUT2D eigenvalue weighted by atomic mass is 19.1. The summed E-state index contributed by atoms with van der Waals surface area (Å²) < 4.78 is 19.9. The molecule has 104 valence electrons. The number of aromatic nitrogens is 2. The molecule has 0 unspecified atom stereocenters. The summed E-state index contributed by atoms with van der Waals surface area (Å²) >= 11 is 0. The highest BCUT2D eigenvalue weighted by Gasteiger charge is 2.28. The average molecular weight is 275 g/mol. The Labute approximate surface area is 115 Å². The predicted molar refractivity (Wildman–Crippen MR) is 70.9 cm³/mol. The Kier molecular flexibility index (Phi) is 3.14. The van der Waals surface area contributed by atoms with Crippen molar-refractivity contribution in [3.63, 3.8) is 0 Å². The van der Waals surface area contributed by atoms with E-state index in [9.17, 15) is 9.18 Å². The Morgan fingerprint density at radius 3 is 3.20 bits per heavy atom. The van der Waals surface area contributed by atoms with E-state index in [0.717, 1.165) is 5.56 Å². The normalized spacial score (nSPS) is 16.6. The van der Waals surface area contributed by atoms with Gasteiger partial charge in [-0.15, -0.1) is 0 Å². The number of fused-ring (bicyclic) bond motifs is 1. The summed E-state index contributed by atoms with van der Waals surface area (Å²) in [6.45, 7) is 2.62. The molecular formula is C14H14FN3O2. The number of hydrogen-bond donors (Lipinski definition) is 1. The first-order valence-corrected chi connectivity index (χ1v) is 6.44. The third kappa shape index (κ3) is 2.13. The van der Waals surface area contributed by atoms with Crippen molar-refractivity contribution < 1.29 is 13.9 Å². The number of benzene rings is 1. The second kappa shape index (κ2) is 4.96. The fraction of sp³-hybridized carbons (Fsp3) is 0.286. The standard InChI is InChI=1S/C14H14FN3O2/c1-2-20-14(19)11-7-16-18-8-12(17-13(11)18)9-4-3-5-10(15)6-9/h3-7,12,17H,2,8H2,1H3/t12-/m1/s1. The first-order chi connectivity index (χ1) is 9.69. The lowest BCUT2D eigenvalue weighted by Gasteiger charge is -2.11. The monoisotopic (exact) mass is 275 g/mol. The second-order valence-electron chi connectivity index (χ2n) is 4.56. The first-order valence-electron chi connectivity index (χ1n) is 6.44. The van der Waals surface area contributed by atoms with Crippen LogP contribution in [0.5, 0.6) is 0 Å². The van der Waals surface area contributed by atoms with Gasteiger partial charge in [-0.1, -0.05) is 12.1 Å². The van der Waals surface area contributed by atoms with E-state index in [0.29, 0.717) is 24.5 Å². The lowest BCUT2D eigenvalue weighted by atomic mass is 10.1. The van der Waals surface area contributed by atoms with Crippen LogP contribution in [-0.2, 0) is 11.3 Å². The molecule has 2 aromatic rings. The molecule has 2 heterocycles. The molecular weight excluding hydrogens is 261 g/mol. The van der Waals surface area contributed by atoms with E-state index >= 15 is 0 Å². The van der Waals surface area contributed by atoms with Crippen LogP contribution in [0.1, 0.15) is 28.9 Å². The molecule has 0 saturated carbocycles. The number of ether oxygens (including phenoxy) is 1. The summed E-state index contributed by atoms with van der Waals surface area (Å²) in [7, 11) is 0. The third-order valence-corrected chi connectivity index (χ3v) is 3.25. The number of nitrogens with one attached hydrogen (secondary N) is 1. The zero-order chi connectivity index (χ0) is 14.1. The Morgan fingerprint density at radius 2 is 2.45 bits per heavy atom. The molecule has 6 heteroatoms. The molecule has 0 aliphatic carbocycles. The van der Waals surface area contributed by atoms with E-state index in [4.69, 9.17) is 4.74 Å². The van der Waals surface area contributed by atoms with Gasteiger partial charge in [-0.25, -0.2) is 13.9 Å². The van der Waals surface area contributed by atoms with Crippen LogP contribution >= 0.6 is 0 Å². The molecule has 1 aromatic heterocycles. The van der Waals surface area contributed by atoms with Gasteiger partial charge in [0.2, 0.25) is 0 Å². The minimum Gasteiger partial charge on any atom is -0.462 e. The lowest BCUT2D eigenvalue weighted by Crippen LogP contribution is -2.10. The van der Waals surface area contributed by atoms with Crippen LogP contribution in [-0.4, -0.2) is 22.4 Å². The summed E-state index contributed by atoms with van der Waals surface area (Å²) in [4.78, 5) is 11.8. The molecule has 1 N–H and O–H groups in total. The number of esters is 1. The number of carbonyl (C=O) groups is 1. The maximum absolute atomic E-state index is 13.3. The van der Waals surface area contributed by atoms with E-state index in [-0.39, 0.29) is 11.9 Å². The van der Waals surface area contributed by atoms with Crippen LogP contribution in [0.3, 0.4) is 0 Å². The molecule has 0 saturated heterocycles. The van der Waals surface area contributed by atoms with Crippen molar-refractivity contribution in [3.05, 3.63) is 47.4 Å². The van der Waals surface area contributed by atoms with Gasteiger partial charge in [0.15, 0.2) is 0 Å². The minimum atomic E-state index is -0.402. The quantitative estimate of drug-likeness (QED) is 0.874. The predicted octanol–water partition coefficient (Wildman–Crippen LogP) is 2.37. The number of anilines is 1. The van der Waals surface area contributed by atoms with Crippen molar-refractivity contribution in [1.82, 2.24) is 9.78 Å². The molecule has 1 aliphatic heterocycles. The molecule has 0 fully saturated rings. The minimum absolute atomic E-state index is 0.0948. The molecule has 1 aromatic carbocycles. The number of nitrogens with zero attached hydrogens (tertiary/aromatic N) is 2. The lowest BCUT2D eigenvalue weighted by molar-refractivity contribution is 0.0527. The Hall–Kier alpha value is -2.37. The SMILES string of the molecule is CCOC(=O)c1cnn2c1N[C@@H](c1cccc(F)c1)C2. The average Bonchev–Trinajstić information content (AvgIpc) is 2.98. The van der Waals surface area contributed by atoms with Gasteiger partial charge in [0.1, 0.15) is 17.2 Å². The largest absolute Gasteiger partial charge is 0.462 e. The number of hydrogen-bond acceptors (Lipinski definition) is 4. The van der Waals surface area contributed by atoms with Crippen molar-refractivity contribution in [3.8, 4) is 0 Å². The molecule has 0 radical (unpaired) electrons. The summed E-state index contributed by atoms with van der Waals surface area (Å²) in [5.74, 6) is -0.0571. The van der Waals surface area contributed by atoms with Gasteiger partial charge in [0, 0.05) is 0 Å². The van der Waals surface area contributed by atoms with Crippen LogP contribution in [0.4, 0.5) is 10.2 Å². The topological polar surface area (TPSA) is 56.1 Å². The fourth-order valence-electron chi connectivity index (χ4n) is 2.33. The first kappa shape index (κ1) is 12.7. The molecule has 0 spiro atoms. The Morgan fingerprint density at radius 1 is 1.60 bits per heavy atom. The molecule has 1 atom stereocenters. The second-order valence-corrected chi connectivity index (χ2v) is 4.56. The molecule has 5 nitrogen and oxygen atoms in total. The van der Waals surface area contributed by atoms with Crippen molar-refractivity contribution in [2.45, 2.75) is 19.5 Å². The van der Waals surface area contributed by atoms with Gasteiger partial charge in [-0.2, -0.15) is 5.10 Å². The van der Waals surface area contributed by atoms with Crippen LogP contribution < -0.4 is 5.32 Å². The van der Waals surface area contributed by atoms with Crippen LogP contribution in [0.2, 0.25) is 0 Å². The van der Waals surface area contributed by atoms with Gasteiger partial charge in [-0.3, -0.25) is 0 Å². The van der Waals surface area contributed by atoms with E-state index in [1.165, 1.54) is 18.3 Å². The summed E-state index contributed by atoms with van der Waals surface area (Å²) in [6, 6.07) is 6.30. The van der Waals surface area contributed by atoms with Crippen molar-refractivity contribution >= 4 is 11.8 Å². The molecule has 0 amide bonds. The third-order valence-electron chi connectivity index (χ3n) is 3.25. The van der Waals surface area contributed by atoms with E-state index in [1.54, 1.807) is 17.7 Å². The van der Waals surface area contributed by atoms with E-state index < -0.39 is 5.97 Å². The van der Waals surface area contributed by atoms with Crippen molar-refractivity contribution in [2.24, 2.45) is 0 Å². The van der Waals surface area contributed by atoms with E-state index in [1.807, 2.05) is 6.07 Å². The zero-order valence-electron chi connectivity index (χ0n) is 11.0. The van der Waals surface area contributed by atoms with Gasteiger partial charge in [0.05, 0.1) is 25.4 Å². The van der Waals surface area contributed by atoms with Crippen molar-refractivity contribution in [1.29, 1.82) is 0 Å². The number of carbonyl (C=O) groups excluding carboxylic acids is 1. The summed E-state index contributed by atoms with van der Waals surface area (Å²) in [5, 5.41) is 7.36. The molecule has 3 rings (SSSR count). The summed E-state index contributed by atoms with van der Waals surface area (Å²) in [6.07, 6.45) is 1.49. The van der Waals surface area contributed by atoms with Gasteiger partial charge in [0.25, 0.3) is 0 Å². The smallest absolute Gasteiger partial charge is 0.343 e. The summed E-state index contributed by atoms with van der Waals surface area (Å²) in [5.41, 5.74) is 1.23. The highest BCUT2D eigenvalue weighted by Crippen LogP contribution is 2.31. The Bertz CT molecular complexity index is 654. The Balaban J connectivity index is 1.84. The molecule has 1 aliphatic rings. The highest BCUT2D eigenvalue weighted by molar-refractivity contribution is 5.94. The zero-order valence-corrected chi connectivity index (χ0v) is 11.0. The van der Waals surface area contributed by atoms with Crippen LogP contribution in [0, 0.1) is 5.82 Å². The maximum Gasteiger partial charge on any atom is 0.343 e. The van der Waals surface area contributed by atoms with E-state index in [2.05, 4.69) is 10.4 Å². The maximum atomic E-state index is 13.3. The van der Waals surface area contributed by atoms with Crippen LogP contribution in [0.25, 0.3) is 0 Å². The molecule has 0 bridgehead atoms. The fourth-order valence-corrected chi connectivity index (χ4v) is 2.33. The van der Waals surface area contributed by atoms with Gasteiger partial charge >= 0.3 is 5.97 Å². The number of rotatable bonds is 3. The van der Waals surface area contributed by atoms with Crippen LogP contribution in [0.15, 0.2) is 30.5 Å². The van der Waals surface area contributed by atoms with Crippen molar-refractivity contribution in [2.75, 3.05) is 11.9 Å².